The molecule has 1 aromatic carbocycles. The van der Waals surface area contributed by atoms with Gasteiger partial charge in [-0.15, -0.1) is 0 Å². The van der Waals surface area contributed by atoms with Crippen molar-refractivity contribution < 1.29 is 17.9 Å². The van der Waals surface area contributed by atoms with Crippen molar-refractivity contribution in [3.63, 3.8) is 0 Å². The summed E-state index contributed by atoms with van der Waals surface area (Å²) in [6, 6.07) is 12.7. The number of nitrogens with zero attached hydrogens (tertiary/aromatic N) is 7. The van der Waals surface area contributed by atoms with Crippen molar-refractivity contribution >= 4 is 32.1 Å². The molecule has 0 saturated heterocycles. The average molecular weight is 765 g/mol. The van der Waals surface area contributed by atoms with Crippen LogP contribution in [0, 0.1) is 0 Å². The number of rotatable bonds is 8. The van der Waals surface area contributed by atoms with Gasteiger partial charge in [-0.05, 0) is 49.9 Å². The lowest BCUT2D eigenvalue weighted by atomic mass is 9.92. The Hall–Kier alpha value is -5.11. The summed E-state index contributed by atoms with van der Waals surface area (Å²) < 4.78 is 43.5. The fourth-order valence-electron chi connectivity index (χ4n) is 8.17. The van der Waals surface area contributed by atoms with Gasteiger partial charge in [0.05, 0.1) is 28.5 Å². The highest BCUT2D eigenvalue weighted by atomic mass is 32.2. The van der Waals surface area contributed by atoms with Gasteiger partial charge in [-0.25, -0.2) is 22.4 Å². The van der Waals surface area contributed by atoms with Crippen LogP contribution in [0.25, 0.3) is 44.3 Å². The summed E-state index contributed by atoms with van der Waals surface area (Å²) in [6.45, 7) is 0. The molecular formula is C42H52N8O4S. The largest absolute Gasteiger partial charge is 0.373 e. The van der Waals surface area contributed by atoms with Crippen LogP contribution >= 0.6 is 0 Å². The minimum absolute atomic E-state index is 0. The van der Waals surface area contributed by atoms with Gasteiger partial charge in [-0.3, -0.25) is 9.36 Å². The van der Waals surface area contributed by atoms with E-state index in [0.717, 1.165) is 82.8 Å². The Labute approximate surface area is 323 Å². The molecule has 2 aliphatic rings. The van der Waals surface area contributed by atoms with Crippen molar-refractivity contribution in [3.8, 4) is 22.3 Å². The maximum absolute atomic E-state index is 13.4. The molecule has 2 saturated carbocycles. The number of aromatic nitrogens is 8. The highest BCUT2D eigenvalue weighted by molar-refractivity contribution is 7.90. The molecule has 6 heterocycles. The van der Waals surface area contributed by atoms with Gasteiger partial charge in [0.25, 0.3) is 10.0 Å². The molecule has 13 heteroatoms. The summed E-state index contributed by atoms with van der Waals surface area (Å²) in [6.07, 6.45) is 23.6. The topological polar surface area (TPSA) is 135 Å². The van der Waals surface area contributed by atoms with E-state index in [4.69, 9.17) is 9.47 Å². The van der Waals surface area contributed by atoms with Crippen LogP contribution in [0.4, 0.5) is 0 Å². The van der Waals surface area contributed by atoms with Gasteiger partial charge in [0.2, 0.25) is 0 Å². The zero-order valence-electron chi connectivity index (χ0n) is 30.5. The number of benzene rings is 1. The van der Waals surface area contributed by atoms with Gasteiger partial charge in [-0.2, -0.15) is 10.2 Å². The third kappa shape index (κ3) is 7.00. The first-order valence-corrected chi connectivity index (χ1v) is 19.5. The van der Waals surface area contributed by atoms with Crippen LogP contribution in [0.5, 0.6) is 0 Å². The predicted octanol–water partition coefficient (Wildman–Crippen LogP) is 8.74. The highest BCUT2D eigenvalue weighted by Crippen LogP contribution is 2.44. The van der Waals surface area contributed by atoms with E-state index in [1.54, 1.807) is 60.7 Å². The monoisotopic (exact) mass is 764 g/mol. The molecule has 7 aromatic rings. The summed E-state index contributed by atoms with van der Waals surface area (Å²) in [5.41, 5.74) is 6.81. The van der Waals surface area contributed by atoms with E-state index in [-0.39, 0.29) is 31.0 Å². The summed E-state index contributed by atoms with van der Waals surface area (Å²) in [7, 11) is 3.52. The second-order valence-corrected chi connectivity index (χ2v) is 16.0. The van der Waals surface area contributed by atoms with Gasteiger partial charge in [0.15, 0.2) is 5.65 Å². The molecule has 9 rings (SSSR count). The van der Waals surface area contributed by atoms with E-state index in [9.17, 15) is 8.42 Å². The van der Waals surface area contributed by atoms with Crippen LogP contribution < -0.4 is 0 Å². The molecule has 1 N–H and O–H groups in total. The third-order valence-electron chi connectivity index (χ3n) is 11.1. The van der Waals surface area contributed by atoms with Crippen LogP contribution in [0.2, 0.25) is 0 Å². The maximum Gasteiger partial charge on any atom is 0.269 e. The van der Waals surface area contributed by atoms with Crippen LogP contribution in [0.3, 0.4) is 0 Å². The summed E-state index contributed by atoms with van der Waals surface area (Å²) in [5, 5.41) is 10.4. The number of aromatic amines is 1. The normalized spacial score (nSPS) is 16.1. The first kappa shape index (κ1) is 39.6. The molecule has 0 aliphatic heterocycles. The van der Waals surface area contributed by atoms with Gasteiger partial charge in [0, 0.05) is 110 Å². The van der Waals surface area contributed by atoms with Crippen molar-refractivity contribution in [3.05, 3.63) is 103 Å². The molecule has 0 radical (unpaired) electrons. The Kier molecular flexibility index (Phi) is 11.2. The number of pyridine rings is 2. The fraction of sp³-hybridized carbons (Fsp3) is 0.381. The summed E-state index contributed by atoms with van der Waals surface area (Å²) >= 11 is 0. The van der Waals surface area contributed by atoms with E-state index < -0.39 is 10.0 Å². The molecule has 2 fully saturated rings. The first-order chi connectivity index (χ1) is 25.7. The number of H-pyrrole nitrogens is 1. The van der Waals surface area contributed by atoms with Gasteiger partial charge < -0.3 is 14.5 Å². The fourth-order valence-corrected chi connectivity index (χ4v) is 9.52. The molecule has 2 aliphatic carbocycles. The molecule has 290 valence electrons. The highest BCUT2D eigenvalue weighted by Gasteiger charge is 2.38. The third-order valence-corrected chi connectivity index (χ3v) is 12.8. The van der Waals surface area contributed by atoms with Crippen LogP contribution in [0.1, 0.15) is 77.3 Å². The summed E-state index contributed by atoms with van der Waals surface area (Å²) in [5.74, 6) is 0. The minimum atomic E-state index is -3.80. The zero-order valence-corrected chi connectivity index (χ0v) is 31.3. The molecular weight excluding hydrogens is 713 g/mol. The molecule has 0 amide bonds. The molecule has 0 unspecified atom stereocenters. The SMILES string of the molecule is C.C.COC1(c2cnc3[nH]cc(-c4cnn(C)c4)c3c2)CCCC1.COC1(c2cnc3c(c2)c(-c2cnn(C)c2)cn3S(=O)(=O)c2ccccc2)CCCC1. The van der Waals surface area contributed by atoms with E-state index in [0.29, 0.717) is 5.65 Å². The Morgan fingerprint density at radius 3 is 1.75 bits per heavy atom. The smallest absolute Gasteiger partial charge is 0.269 e. The zero-order chi connectivity index (χ0) is 36.8. The van der Waals surface area contributed by atoms with Crippen molar-refractivity contribution in [2.24, 2.45) is 14.1 Å². The van der Waals surface area contributed by atoms with Gasteiger partial charge in [-0.1, -0.05) is 58.7 Å². The van der Waals surface area contributed by atoms with E-state index in [1.165, 1.54) is 22.4 Å². The standard InChI is InChI=1S/C23H24N4O3S.C17H20N4O.2CH4/c1-26-15-17(13-25-26)21-16-27(31(28,29)19-8-4-3-5-9-19)22-20(21)12-18(14-24-22)23(30-2)10-6-7-11-23;1-21-11-12(8-20-21)15-10-19-16-14(15)7-13(9-18-16)17(22-2)5-3-4-6-17;;/h3-5,8-9,12-16H,6-7,10-11H2,1-2H3;7-11H,3-6H2,1-2H3,(H,18,19);2*1H4. The molecule has 12 nitrogen and oxygen atoms in total. The predicted molar refractivity (Wildman–Crippen MR) is 217 cm³/mol. The number of methoxy groups -OCH3 is 2. The lowest BCUT2D eigenvalue weighted by Gasteiger charge is -2.27. The number of hydrogen-bond acceptors (Lipinski definition) is 8. The second kappa shape index (κ2) is 15.6. The lowest BCUT2D eigenvalue weighted by Crippen LogP contribution is -2.24. The Bertz CT molecular complexity index is 2500. The van der Waals surface area contributed by atoms with Gasteiger partial charge >= 0.3 is 0 Å². The van der Waals surface area contributed by atoms with Crippen LogP contribution in [-0.2, 0) is 44.8 Å². The molecule has 0 bridgehead atoms. The first-order valence-electron chi connectivity index (χ1n) is 18.0. The number of fused-ring (bicyclic) bond motifs is 2. The van der Waals surface area contributed by atoms with Crippen molar-refractivity contribution in [2.75, 3.05) is 14.2 Å². The van der Waals surface area contributed by atoms with Crippen LogP contribution in [-0.4, -0.2) is 61.1 Å². The average Bonchev–Trinajstić information content (AvgIpc) is 4.04. The number of hydrogen-bond donors (Lipinski definition) is 1. The molecule has 6 aromatic heterocycles. The van der Waals surface area contributed by atoms with Gasteiger partial charge in [0.1, 0.15) is 5.65 Å². The Morgan fingerprint density at radius 1 is 0.691 bits per heavy atom. The second-order valence-electron chi connectivity index (χ2n) is 14.2. The number of nitrogens with one attached hydrogen (secondary N) is 1. The number of aryl methyl sites for hydroxylation is 2. The van der Waals surface area contributed by atoms with E-state index in [2.05, 4.69) is 31.2 Å². The van der Waals surface area contributed by atoms with E-state index >= 15 is 0 Å². The summed E-state index contributed by atoms with van der Waals surface area (Å²) in [4.78, 5) is 12.7. The lowest BCUT2D eigenvalue weighted by molar-refractivity contribution is -0.00898. The Balaban J connectivity index is 0.000000190. The van der Waals surface area contributed by atoms with E-state index in [1.807, 2.05) is 62.9 Å². The quantitative estimate of drug-likeness (QED) is 0.162. The maximum atomic E-state index is 13.4. The van der Waals surface area contributed by atoms with Crippen molar-refractivity contribution in [1.82, 2.24) is 38.5 Å². The molecule has 55 heavy (non-hydrogen) atoms. The minimum Gasteiger partial charge on any atom is -0.373 e. The molecule has 0 atom stereocenters. The van der Waals surface area contributed by atoms with Crippen LogP contribution in [0.15, 0.2) is 96.9 Å². The van der Waals surface area contributed by atoms with Crippen molar-refractivity contribution in [1.29, 1.82) is 0 Å². The van der Waals surface area contributed by atoms with Crippen molar-refractivity contribution in [2.45, 2.75) is 82.3 Å². The number of ether oxygens (including phenoxy) is 2. The molecule has 0 spiro atoms. The Morgan fingerprint density at radius 2 is 1.22 bits per heavy atom.